The molecule has 1 amide bonds. The van der Waals surface area contributed by atoms with Gasteiger partial charge in [-0.1, -0.05) is 0 Å². The van der Waals surface area contributed by atoms with Crippen LogP contribution in [0.4, 0.5) is 0 Å². The highest BCUT2D eigenvalue weighted by Crippen LogP contribution is 2.30. The maximum atomic E-state index is 12.9. The van der Waals surface area contributed by atoms with Crippen LogP contribution >= 0.6 is 11.3 Å². The predicted molar refractivity (Wildman–Crippen MR) is 101 cm³/mol. The Morgan fingerprint density at radius 2 is 1.96 bits per heavy atom. The summed E-state index contributed by atoms with van der Waals surface area (Å²) in [5.41, 5.74) is 1.84. The number of fused-ring (bicyclic) bond motifs is 1. The number of likely N-dealkylation sites (tertiary alicyclic amines) is 1. The number of carbonyl (C=O) groups is 2. The lowest BCUT2D eigenvalue weighted by Crippen LogP contribution is -2.39. The fraction of sp³-hybridized carbons (Fsp3) is 0.444. The predicted octanol–water partition coefficient (Wildman–Crippen LogP) is 2.62. The Morgan fingerprint density at radius 1 is 1.26 bits per heavy atom. The number of amides is 1. The molecule has 3 aromatic rings. The first kappa shape index (κ1) is 17.7. The summed E-state index contributed by atoms with van der Waals surface area (Å²) < 4.78 is 3.61. The van der Waals surface area contributed by atoms with Crippen LogP contribution in [0.15, 0.2) is 12.3 Å². The van der Waals surface area contributed by atoms with Gasteiger partial charge in [-0.2, -0.15) is 10.2 Å². The summed E-state index contributed by atoms with van der Waals surface area (Å²) in [6, 6.07) is 2.06. The van der Waals surface area contributed by atoms with Crippen molar-refractivity contribution in [2.24, 2.45) is 7.05 Å². The first-order valence-corrected chi connectivity index (χ1v) is 9.68. The first-order chi connectivity index (χ1) is 12.9. The standard InChI is InChI=1S/C18H21N5O3S/c1-10-13-8-15(27-17(13)21(3)20-10)16(24)22-6-4-12(5-7-22)23-11(2)14(9-19-23)18(25)26/h8-9,12H,4-7H2,1-3H3,(H,25,26). The fourth-order valence-electron chi connectivity index (χ4n) is 3.78. The van der Waals surface area contributed by atoms with Gasteiger partial charge in [0.25, 0.3) is 5.91 Å². The SMILES string of the molecule is Cc1nn(C)c2sc(C(=O)N3CCC(n4ncc(C(=O)O)c4C)CC3)cc12. The number of nitrogens with zero attached hydrogens (tertiary/aromatic N) is 5. The van der Waals surface area contributed by atoms with Gasteiger partial charge in [0, 0.05) is 25.5 Å². The van der Waals surface area contributed by atoms with Crippen LogP contribution in [0.2, 0.25) is 0 Å². The average molecular weight is 387 g/mol. The van der Waals surface area contributed by atoms with Gasteiger partial charge in [-0.25, -0.2) is 4.79 Å². The summed E-state index contributed by atoms with van der Waals surface area (Å²) in [7, 11) is 1.89. The topological polar surface area (TPSA) is 93.3 Å². The number of carbonyl (C=O) groups excluding carboxylic acids is 1. The molecule has 1 saturated heterocycles. The van der Waals surface area contributed by atoms with Gasteiger partial charge in [0.1, 0.15) is 10.4 Å². The second-order valence-electron chi connectivity index (χ2n) is 6.96. The van der Waals surface area contributed by atoms with Crippen molar-refractivity contribution in [1.29, 1.82) is 0 Å². The molecule has 0 spiro atoms. The highest BCUT2D eigenvalue weighted by atomic mass is 32.1. The highest BCUT2D eigenvalue weighted by molar-refractivity contribution is 7.20. The number of carboxylic acid groups (broad SMARTS) is 1. The average Bonchev–Trinajstić information content (AvgIpc) is 3.31. The maximum absolute atomic E-state index is 12.9. The molecule has 142 valence electrons. The fourth-order valence-corrected chi connectivity index (χ4v) is 4.87. The van der Waals surface area contributed by atoms with Crippen LogP contribution in [0.1, 0.15) is 50.3 Å². The van der Waals surface area contributed by atoms with E-state index in [-0.39, 0.29) is 17.5 Å². The zero-order valence-electron chi connectivity index (χ0n) is 15.5. The summed E-state index contributed by atoms with van der Waals surface area (Å²) >= 11 is 1.48. The van der Waals surface area contributed by atoms with Crippen molar-refractivity contribution in [3.05, 3.63) is 34.1 Å². The van der Waals surface area contributed by atoms with Crippen LogP contribution < -0.4 is 0 Å². The van der Waals surface area contributed by atoms with Crippen molar-refractivity contribution >= 4 is 33.4 Å². The third kappa shape index (κ3) is 2.91. The number of piperidine rings is 1. The molecule has 27 heavy (non-hydrogen) atoms. The molecule has 1 N–H and O–H groups in total. The van der Waals surface area contributed by atoms with Crippen molar-refractivity contribution in [3.8, 4) is 0 Å². The molecule has 0 unspecified atom stereocenters. The summed E-state index contributed by atoms with van der Waals surface area (Å²) in [6.07, 6.45) is 2.93. The molecule has 0 atom stereocenters. The molecule has 0 bridgehead atoms. The molecule has 4 rings (SSSR count). The minimum atomic E-state index is -0.957. The molecular weight excluding hydrogens is 366 g/mol. The van der Waals surface area contributed by atoms with E-state index >= 15 is 0 Å². The minimum absolute atomic E-state index is 0.0532. The second-order valence-corrected chi connectivity index (χ2v) is 7.99. The van der Waals surface area contributed by atoms with Crippen molar-refractivity contribution in [2.75, 3.05) is 13.1 Å². The van der Waals surface area contributed by atoms with Crippen molar-refractivity contribution in [3.63, 3.8) is 0 Å². The molecule has 9 heteroatoms. The lowest BCUT2D eigenvalue weighted by molar-refractivity contribution is 0.0692. The molecule has 0 aromatic carbocycles. The Hall–Kier alpha value is -2.68. The number of thiophene rings is 1. The molecule has 1 aliphatic rings. The lowest BCUT2D eigenvalue weighted by atomic mass is 10.0. The van der Waals surface area contributed by atoms with Crippen molar-refractivity contribution in [2.45, 2.75) is 32.7 Å². The maximum Gasteiger partial charge on any atom is 0.339 e. The molecule has 3 aromatic heterocycles. The van der Waals surface area contributed by atoms with Gasteiger partial charge < -0.3 is 10.0 Å². The van der Waals surface area contributed by atoms with E-state index in [4.69, 9.17) is 0 Å². The van der Waals surface area contributed by atoms with Crippen LogP contribution in [-0.4, -0.2) is 54.5 Å². The van der Waals surface area contributed by atoms with Crippen LogP contribution in [0, 0.1) is 13.8 Å². The molecular formula is C18H21N5O3S. The Morgan fingerprint density at radius 3 is 2.56 bits per heavy atom. The van der Waals surface area contributed by atoms with Gasteiger partial charge >= 0.3 is 5.97 Å². The molecule has 0 saturated carbocycles. The van der Waals surface area contributed by atoms with E-state index < -0.39 is 5.97 Å². The van der Waals surface area contributed by atoms with Gasteiger partial charge in [0.2, 0.25) is 0 Å². The van der Waals surface area contributed by atoms with Gasteiger partial charge in [-0.05, 0) is 32.8 Å². The Bertz CT molecular complexity index is 1000. The number of hydrogen-bond acceptors (Lipinski definition) is 5. The summed E-state index contributed by atoms with van der Waals surface area (Å²) in [4.78, 5) is 27.7. The van der Waals surface area contributed by atoms with Crippen molar-refractivity contribution in [1.82, 2.24) is 24.5 Å². The number of hydrogen-bond donors (Lipinski definition) is 1. The van der Waals surface area contributed by atoms with Gasteiger partial charge in [0.05, 0.1) is 28.5 Å². The second kappa shape index (κ2) is 6.49. The van der Waals surface area contributed by atoms with E-state index in [9.17, 15) is 14.7 Å². The summed E-state index contributed by atoms with van der Waals surface area (Å²) in [6.45, 7) is 5.00. The van der Waals surface area contributed by atoms with Gasteiger partial charge in [-0.3, -0.25) is 14.2 Å². The largest absolute Gasteiger partial charge is 0.478 e. The highest BCUT2D eigenvalue weighted by Gasteiger charge is 2.28. The Labute approximate surface area is 160 Å². The van der Waals surface area contributed by atoms with Crippen molar-refractivity contribution < 1.29 is 14.7 Å². The van der Waals surface area contributed by atoms with E-state index in [0.29, 0.717) is 18.8 Å². The van der Waals surface area contributed by atoms with Gasteiger partial charge in [-0.15, -0.1) is 11.3 Å². The van der Waals surface area contributed by atoms with Crippen LogP contribution in [0.25, 0.3) is 10.2 Å². The van der Waals surface area contributed by atoms with Gasteiger partial charge in [0.15, 0.2) is 0 Å². The molecule has 1 aliphatic heterocycles. The summed E-state index contributed by atoms with van der Waals surface area (Å²) in [5.74, 6) is -0.904. The van der Waals surface area contributed by atoms with Crippen LogP contribution in [-0.2, 0) is 7.05 Å². The first-order valence-electron chi connectivity index (χ1n) is 8.86. The number of aryl methyl sites for hydroxylation is 2. The zero-order valence-corrected chi connectivity index (χ0v) is 16.3. The molecule has 0 aliphatic carbocycles. The monoisotopic (exact) mass is 387 g/mol. The third-order valence-corrected chi connectivity index (χ3v) is 6.47. The quantitative estimate of drug-likeness (QED) is 0.746. The van der Waals surface area contributed by atoms with E-state index in [1.54, 1.807) is 11.6 Å². The number of rotatable bonds is 3. The normalized spacial score (nSPS) is 15.6. The Balaban J connectivity index is 1.47. The summed E-state index contributed by atoms with van der Waals surface area (Å²) in [5, 5.41) is 18.9. The zero-order chi connectivity index (χ0) is 19.3. The third-order valence-electron chi connectivity index (χ3n) is 5.28. The minimum Gasteiger partial charge on any atom is -0.478 e. The number of aromatic nitrogens is 4. The molecule has 8 nitrogen and oxygen atoms in total. The Kier molecular flexibility index (Phi) is 4.26. The van der Waals surface area contributed by atoms with E-state index in [0.717, 1.165) is 33.6 Å². The smallest absolute Gasteiger partial charge is 0.339 e. The molecule has 0 radical (unpaired) electrons. The number of aromatic carboxylic acids is 1. The van der Waals surface area contributed by atoms with Crippen LogP contribution in [0.5, 0.6) is 0 Å². The molecule has 4 heterocycles. The lowest BCUT2D eigenvalue weighted by Gasteiger charge is -2.32. The van der Waals surface area contributed by atoms with Crippen LogP contribution in [0.3, 0.4) is 0 Å². The molecule has 1 fully saturated rings. The van der Waals surface area contributed by atoms with E-state index in [1.165, 1.54) is 17.5 Å². The van der Waals surface area contributed by atoms with E-state index in [1.807, 2.05) is 29.6 Å². The van der Waals surface area contributed by atoms with E-state index in [2.05, 4.69) is 10.2 Å². The number of carboxylic acids is 1.